The lowest BCUT2D eigenvalue weighted by atomic mass is 9.95. The summed E-state index contributed by atoms with van der Waals surface area (Å²) < 4.78 is 12.9. The second-order valence-electron chi connectivity index (χ2n) is 6.49. The molecular formula is C20H22ClFN2O. The first-order valence-electron chi connectivity index (χ1n) is 8.60. The number of nitrogens with zero attached hydrogens (tertiary/aromatic N) is 1. The van der Waals surface area contributed by atoms with Crippen molar-refractivity contribution < 1.29 is 9.18 Å². The fourth-order valence-electron chi connectivity index (χ4n) is 3.16. The average molecular weight is 361 g/mol. The molecule has 25 heavy (non-hydrogen) atoms. The zero-order valence-corrected chi connectivity index (χ0v) is 14.8. The van der Waals surface area contributed by atoms with Crippen molar-refractivity contribution >= 4 is 17.5 Å². The molecule has 132 valence electrons. The molecule has 1 amide bonds. The van der Waals surface area contributed by atoms with E-state index in [0.717, 1.165) is 48.6 Å². The summed E-state index contributed by atoms with van der Waals surface area (Å²) in [6.07, 6.45) is 1.69. The van der Waals surface area contributed by atoms with Gasteiger partial charge in [0.1, 0.15) is 5.82 Å². The summed E-state index contributed by atoms with van der Waals surface area (Å²) in [6, 6.07) is 14.1. The van der Waals surface area contributed by atoms with Crippen molar-refractivity contribution in [3.05, 3.63) is 70.5 Å². The number of carbonyl (C=O) groups is 1. The number of halogens is 2. The van der Waals surface area contributed by atoms with Gasteiger partial charge in [-0.05, 0) is 55.3 Å². The van der Waals surface area contributed by atoms with Crippen LogP contribution in [0.25, 0.3) is 0 Å². The number of likely N-dealkylation sites (tertiary alicyclic amines) is 1. The van der Waals surface area contributed by atoms with Crippen molar-refractivity contribution in [2.24, 2.45) is 5.92 Å². The number of benzene rings is 2. The predicted molar refractivity (Wildman–Crippen MR) is 97.7 cm³/mol. The number of hydrogen-bond donors (Lipinski definition) is 1. The first kappa shape index (κ1) is 17.9. The molecule has 0 atom stereocenters. The van der Waals surface area contributed by atoms with Gasteiger partial charge >= 0.3 is 0 Å². The minimum atomic E-state index is -0.263. The number of hydrogen-bond acceptors (Lipinski definition) is 2. The predicted octanol–water partition coefficient (Wildman–Crippen LogP) is 4.01. The summed E-state index contributed by atoms with van der Waals surface area (Å²) in [6.45, 7) is 3.04. The summed E-state index contributed by atoms with van der Waals surface area (Å²) in [5.41, 5.74) is 2.04. The Hall–Kier alpha value is -1.91. The van der Waals surface area contributed by atoms with Gasteiger partial charge in [-0.1, -0.05) is 41.9 Å². The second-order valence-corrected chi connectivity index (χ2v) is 6.89. The number of amides is 1. The maximum Gasteiger partial charge on any atom is 0.223 e. The smallest absolute Gasteiger partial charge is 0.223 e. The summed E-state index contributed by atoms with van der Waals surface area (Å²) >= 11 is 6.22. The van der Waals surface area contributed by atoms with Gasteiger partial charge in [0, 0.05) is 24.0 Å². The molecule has 1 aliphatic rings. The molecule has 1 aliphatic heterocycles. The highest BCUT2D eigenvalue weighted by atomic mass is 35.5. The third-order valence-electron chi connectivity index (χ3n) is 4.69. The minimum absolute atomic E-state index is 0.0444. The van der Waals surface area contributed by atoms with Gasteiger partial charge in [0.25, 0.3) is 0 Å². The fraction of sp³-hybridized carbons (Fsp3) is 0.350. The molecule has 1 N–H and O–H groups in total. The van der Waals surface area contributed by atoms with Gasteiger partial charge in [-0.25, -0.2) is 4.39 Å². The van der Waals surface area contributed by atoms with Crippen LogP contribution in [0.4, 0.5) is 4.39 Å². The van der Waals surface area contributed by atoms with E-state index >= 15 is 0 Å². The largest absolute Gasteiger partial charge is 0.352 e. The van der Waals surface area contributed by atoms with Crippen molar-refractivity contribution in [3.63, 3.8) is 0 Å². The Morgan fingerprint density at radius 3 is 2.48 bits per heavy atom. The highest BCUT2D eigenvalue weighted by molar-refractivity contribution is 6.31. The zero-order chi connectivity index (χ0) is 17.6. The normalized spacial score (nSPS) is 15.9. The van der Waals surface area contributed by atoms with Crippen LogP contribution in [0.1, 0.15) is 24.0 Å². The van der Waals surface area contributed by atoms with Crippen LogP contribution < -0.4 is 5.32 Å². The van der Waals surface area contributed by atoms with Gasteiger partial charge in [0.15, 0.2) is 0 Å². The van der Waals surface area contributed by atoms with E-state index in [2.05, 4.69) is 10.2 Å². The van der Waals surface area contributed by atoms with Gasteiger partial charge in [-0.15, -0.1) is 0 Å². The van der Waals surface area contributed by atoms with Crippen molar-refractivity contribution in [3.8, 4) is 0 Å². The van der Waals surface area contributed by atoms with Gasteiger partial charge in [0.05, 0.1) is 0 Å². The molecule has 3 nitrogen and oxygen atoms in total. The molecule has 3 rings (SSSR count). The first-order valence-corrected chi connectivity index (χ1v) is 8.97. The maximum absolute atomic E-state index is 12.9. The molecule has 0 unspecified atom stereocenters. The first-order chi connectivity index (χ1) is 12.1. The Labute approximate surface area is 152 Å². The Morgan fingerprint density at radius 1 is 1.12 bits per heavy atom. The summed E-state index contributed by atoms with van der Waals surface area (Å²) in [5.74, 6) is -0.134. The molecule has 0 aromatic heterocycles. The van der Waals surface area contributed by atoms with Crippen molar-refractivity contribution in [1.82, 2.24) is 10.2 Å². The van der Waals surface area contributed by atoms with Crippen LogP contribution in [0.3, 0.4) is 0 Å². The van der Waals surface area contributed by atoms with Crippen LogP contribution in [-0.4, -0.2) is 23.9 Å². The second kappa shape index (κ2) is 8.45. The standard InChI is InChI=1S/C20H22ClFN2O/c21-19-4-2-1-3-17(19)14-24-11-9-16(10-12-24)20(25)23-13-15-5-7-18(22)8-6-15/h1-8,16H,9-14H2,(H,23,25). The SMILES string of the molecule is O=C(NCc1ccc(F)cc1)C1CCN(Cc2ccccc2Cl)CC1. The van der Waals surface area contributed by atoms with Crippen LogP contribution in [-0.2, 0) is 17.9 Å². The lowest BCUT2D eigenvalue weighted by Crippen LogP contribution is -2.40. The summed E-state index contributed by atoms with van der Waals surface area (Å²) in [4.78, 5) is 14.7. The quantitative estimate of drug-likeness (QED) is 0.873. The maximum atomic E-state index is 12.9. The van der Waals surface area contributed by atoms with E-state index in [4.69, 9.17) is 11.6 Å². The Bertz CT molecular complexity index is 712. The van der Waals surface area contributed by atoms with Crippen molar-refractivity contribution in [2.45, 2.75) is 25.9 Å². The number of nitrogens with one attached hydrogen (secondary N) is 1. The van der Waals surface area contributed by atoms with Gasteiger partial charge in [-0.2, -0.15) is 0 Å². The van der Waals surface area contributed by atoms with E-state index < -0.39 is 0 Å². The highest BCUT2D eigenvalue weighted by Crippen LogP contribution is 2.22. The topological polar surface area (TPSA) is 32.3 Å². The van der Waals surface area contributed by atoms with Gasteiger partial charge in [0.2, 0.25) is 5.91 Å². The van der Waals surface area contributed by atoms with Crippen LogP contribution >= 0.6 is 11.6 Å². The lowest BCUT2D eigenvalue weighted by molar-refractivity contribution is -0.126. The molecule has 0 aliphatic carbocycles. The van der Waals surface area contributed by atoms with E-state index in [1.807, 2.05) is 24.3 Å². The van der Waals surface area contributed by atoms with Gasteiger partial charge < -0.3 is 5.32 Å². The third kappa shape index (κ3) is 5.03. The number of rotatable bonds is 5. The molecule has 0 saturated carbocycles. The van der Waals surface area contributed by atoms with Crippen LogP contribution in [0, 0.1) is 11.7 Å². The molecule has 2 aromatic rings. The molecule has 1 saturated heterocycles. The van der Waals surface area contributed by atoms with E-state index in [1.165, 1.54) is 12.1 Å². The Balaban J connectivity index is 1.44. The van der Waals surface area contributed by atoms with Crippen LogP contribution in [0.15, 0.2) is 48.5 Å². The molecule has 2 aromatic carbocycles. The highest BCUT2D eigenvalue weighted by Gasteiger charge is 2.25. The van der Waals surface area contributed by atoms with E-state index in [-0.39, 0.29) is 17.6 Å². The van der Waals surface area contributed by atoms with E-state index in [0.29, 0.717) is 6.54 Å². The lowest BCUT2D eigenvalue weighted by Gasteiger charge is -2.31. The molecular weight excluding hydrogens is 339 g/mol. The molecule has 1 fully saturated rings. The molecule has 1 heterocycles. The molecule has 0 radical (unpaired) electrons. The summed E-state index contributed by atoms with van der Waals surface area (Å²) in [5, 5.41) is 3.75. The van der Waals surface area contributed by atoms with Crippen molar-refractivity contribution in [2.75, 3.05) is 13.1 Å². The molecule has 0 spiro atoms. The van der Waals surface area contributed by atoms with Gasteiger partial charge in [-0.3, -0.25) is 9.69 Å². The molecule has 0 bridgehead atoms. The number of piperidine rings is 1. The monoisotopic (exact) mass is 360 g/mol. The van der Waals surface area contributed by atoms with Crippen molar-refractivity contribution in [1.29, 1.82) is 0 Å². The fourth-order valence-corrected chi connectivity index (χ4v) is 3.35. The average Bonchev–Trinajstić information content (AvgIpc) is 2.63. The van der Waals surface area contributed by atoms with E-state index in [1.54, 1.807) is 12.1 Å². The third-order valence-corrected chi connectivity index (χ3v) is 5.06. The molecule has 5 heteroatoms. The summed E-state index contributed by atoms with van der Waals surface area (Å²) in [7, 11) is 0. The number of carbonyl (C=O) groups excluding carboxylic acids is 1. The van der Waals surface area contributed by atoms with Crippen LogP contribution in [0.2, 0.25) is 5.02 Å². The Kier molecular flexibility index (Phi) is 6.05. The zero-order valence-electron chi connectivity index (χ0n) is 14.1. The van der Waals surface area contributed by atoms with E-state index in [9.17, 15) is 9.18 Å². The minimum Gasteiger partial charge on any atom is -0.352 e. The Morgan fingerprint density at radius 2 is 1.80 bits per heavy atom. The van der Waals surface area contributed by atoms with Crippen LogP contribution in [0.5, 0.6) is 0 Å².